The quantitative estimate of drug-likeness (QED) is 0.664. The highest BCUT2D eigenvalue weighted by atomic mass is 35.5. The van der Waals surface area contributed by atoms with Crippen LogP contribution in [-0.4, -0.2) is 25.7 Å². The Hall–Kier alpha value is -0.390. The number of hydrogen-bond acceptors (Lipinski definition) is 4. The molecular weight excluding hydrogens is 266 g/mol. The molecule has 0 aliphatic carbocycles. The van der Waals surface area contributed by atoms with Gasteiger partial charge in [0.25, 0.3) is 0 Å². The smallest absolute Gasteiger partial charge is 0.150 e. The van der Waals surface area contributed by atoms with Gasteiger partial charge in [-0.25, -0.2) is 8.42 Å². The van der Waals surface area contributed by atoms with Gasteiger partial charge < -0.3 is 5.73 Å². The van der Waals surface area contributed by atoms with E-state index < -0.39 is 9.84 Å². The first kappa shape index (κ1) is 13.7. The van der Waals surface area contributed by atoms with E-state index in [1.54, 1.807) is 25.1 Å². The van der Waals surface area contributed by atoms with Crippen LogP contribution in [0, 0.1) is 0 Å². The lowest BCUT2D eigenvalue weighted by Crippen LogP contribution is -2.10. The topological polar surface area (TPSA) is 60.2 Å². The number of rotatable bonds is 5. The normalized spacial score (nSPS) is 11.6. The van der Waals surface area contributed by atoms with Crippen LogP contribution in [0.3, 0.4) is 0 Å². The van der Waals surface area contributed by atoms with Crippen molar-refractivity contribution in [3.8, 4) is 0 Å². The standard InChI is InChI=1S/C10H14ClNO2S2/c1-2-16(13,14)6-5-15-10-7-8(12)3-4-9(10)11/h3-4,7H,2,5-6,12H2,1H3. The van der Waals surface area contributed by atoms with Crippen molar-refractivity contribution in [2.75, 3.05) is 23.0 Å². The molecular formula is C10H14ClNO2S2. The fourth-order valence-corrected chi connectivity index (χ4v) is 3.62. The van der Waals surface area contributed by atoms with Gasteiger partial charge >= 0.3 is 0 Å². The first-order chi connectivity index (χ1) is 7.44. The van der Waals surface area contributed by atoms with Crippen LogP contribution in [0.5, 0.6) is 0 Å². The minimum Gasteiger partial charge on any atom is -0.399 e. The first-order valence-electron chi connectivity index (χ1n) is 4.83. The Morgan fingerprint density at radius 3 is 2.75 bits per heavy atom. The van der Waals surface area contributed by atoms with Crippen molar-refractivity contribution in [2.45, 2.75) is 11.8 Å². The summed E-state index contributed by atoms with van der Waals surface area (Å²) in [7, 11) is -2.91. The molecule has 0 radical (unpaired) electrons. The maximum atomic E-state index is 11.3. The zero-order chi connectivity index (χ0) is 12.2. The van der Waals surface area contributed by atoms with Gasteiger partial charge in [-0.2, -0.15) is 0 Å². The average molecular weight is 280 g/mol. The Kier molecular flexibility index (Phi) is 4.95. The van der Waals surface area contributed by atoms with Gasteiger partial charge in [-0.1, -0.05) is 18.5 Å². The lowest BCUT2D eigenvalue weighted by molar-refractivity contribution is 0.599. The molecule has 0 atom stereocenters. The third kappa shape index (κ3) is 4.23. The summed E-state index contributed by atoms with van der Waals surface area (Å²) in [6.07, 6.45) is 0. The van der Waals surface area contributed by atoms with Crippen LogP contribution in [-0.2, 0) is 9.84 Å². The van der Waals surface area contributed by atoms with Crippen molar-refractivity contribution in [3.63, 3.8) is 0 Å². The lowest BCUT2D eigenvalue weighted by atomic mass is 10.3. The minimum atomic E-state index is -2.91. The summed E-state index contributed by atoms with van der Waals surface area (Å²) in [6.45, 7) is 1.65. The Bertz CT molecular complexity index is 460. The molecule has 1 aromatic rings. The van der Waals surface area contributed by atoms with E-state index in [0.29, 0.717) is 16.5 Å². The largest absolute Gasteiger partial charge is 0.399 e. The van der Waals surface area contributed by atoms with Gasteiger partial charge in [0.15, 0.2) is 9.84 Å². The van der Waals surface area contributed by atoms with Crippen molar-refractivity contribution in [1.29, 1.82) is 0 Å². The second kappa shape index (κ2) is 5.80. The Balaban J connectivity index is 2.59. The summed E-state index contributed by atoms with van der Waals surface area (Å²) in [5, 5.41) is 0.605. The summed E-state index contributed by atoms with van der Waals surface area (Å²) in [5.74, 6) is 0.844. The molecule has 0 saturated heterocycles. The molecule has 0 amide bonds. The van der Waals surface area contributed by atoms with E-state index in [4.69, 9.17) is 17.3 Å². The third-order valence-corrected chi connectivity index (χ3v) is 5.51. The molecule has 0 unspecified atom stereocenters. The number of hydrogen-bond donors (Lipinski definition) is 1. The van der Waals surface area contributed by atoms with E-state index in [-0.39, 0.29) is 11.5 Å². The Labute approximate surface area is 105 Å². The van der Waals surface area contributed by atoms with E-state index >= 15 is 0 Å². The van der Waals surface area contributed by atoms with Gasteiger partial charge in [-0.15, -0.1) is 11.8 Å². The number of nitrogens with two attached hydrogens (primary N) is 1. The number of nitrogen functional groups attached to an aromatic ring is 1. The molecule has 0 aliphatic heterocycles. The second-order valence-electron chi connectivity index (χ2n) is 3.27. The van der Waals surface area contributed by atoms with Crippen LogP contribution in [0.25, 0.3) is 0 Å². The van der Waals surface area contributed by atoms with Crippen LogP contribution in [0.15, 0.2) is 23.1 Å². The zero-order valence-corrected chi connectivity index (χ0v) is 11.3. The number of thioether (sulfide) groups is 1. The molecule has 0 heterocycles. The number of benzene rings is 1. The maximum Gasteiger partial charge on any atom is 0.150 e. The van der Waals surface area contributed by atoms with Crippen molar-refractivity contribution in [1.82, 2.24) is 0 Å². The van der Waals surface area contributed by atoms with Gasteiger partial charge in [0, 0.05) is 22.1 Å². The van der Waals surface area contributed by atoms with E-state index in [9.17, 15) is 8.42 Å². The van der Waals surface area contributed by atoms with Crippen molar-refractivity contribution < 1.29 is 8.42 Å². The number of sulfone groups is 1. The highest BCUT2D eigenvalue weighted by Crippen LogP contribution is 2.28. The zero-order valence-electron chi connectivity index (χ0n) is 8.94. The Morgan fingerprint density at radius 2 is 2.12 bits per heavy atom. The van der Waals surface area contributed by atoms with E-state index in [0.717, 1.165) is 4.90 Å². The monoisotopic (exact) mass is 279 g/mol. The van der Waals surface area contributed by atoms with Crippen LogP contribution in [0.1, 0.15) is 6.92 Å². The molecule has 6 heteroatoms. The SMILES string of the molecule is CCS(=O)(=O)CCSc1cc(N)ccc1Cl. The van der Waals surface area contributed by atoms with E-state index in [1.165, 1.54) is 11.8 Å². The summed E-state index contributed by atoms with van der Waals surface area (Å²) in [5.41, 5.74) is 6.25. The lowest BCUT2D eigenvalue weighted by Gasteiger charge is -2.05. The van der Waals surface area contributed by atoms with Crippen LogP contribution < -0.4 is 5.73 Å². The highest BCUT2D eigenvalue weighted by Gasteiger charge is 2.08. The van der Waals surface area contributed by atoms with Gasteiger partial charge in [0.05, 0.1) is 10.8 Å². The van der Waals surface area contributed by atoms with Crippen molar-refractivity contribution >= 4 is 38.9 Å². The summed E-state index contributed by atoms with van der Waals surface area (Å²) in [4.78, 5) is 0.827. The van der Waals surface area contributed by atoms with Crippen molar-refractivity contribution in [2.24, 2.45) is 0 Å². The molecule has 0 saturated carbocycles. The predicted molar refractivity (Wildman–Crippen MR) is 70.9 cm³/mol. The fourth-order valence-electron chi connectivity index (χ4n) is 1.05. The van der Waals surface area contributed by atoms with E-state index in [2.05, 4.69) is 0 Å². The average Bonchev–Trinajstić information content (AvgIpc) is 2.23. The highest BCUT2D eigenvalue weighted by molar-refractivity contribution is 8.00. The molecule has 1 rings (SSSR count). The minimum absolute atomic E-state index is 0.166. The molecule has 1 aromatic carbocycles. The first-order valence-corrected chi connectivity index (χ1v) is 8.01. The molecule has 0 fully saturated rings. The van der Waals surface area contributed by atoms with Gasteiger partial charge in [0.1, 0.15) is 0 Å². The van der Waals surface area contributed by atoms with Crippen molar-refractivity contribution in [3.05, 3.63) is 23.2 Å². The molecule has 90 valence electrons. The summed E-state index contributed by atoms with van der Waals surface area (Å²) >= 11 is 7.37. The molecule has 0 bridgehead atoms. The second-order valence-corrected chi connectivity index (χ2v) is 7.29. The molecule has 2 N–H and O–H groups in total. The molecule has 0 spiro atoms. The molecule has 0 aromatic heterocycles. The van der Waals surface area contributed by atoms with Crippen LogP contribution in [0.2, 0.25) is 5.02 Å². The summed E-state index contributed by atoms with van der Waals surface area (Å²) in [6, 6.07) is 5.19. The molecule has 16 heavy (non-hydrogen) atoms. The van der Waals surface area contributed by atoms with Gasteiger partial charge in [0.2, 0.25) is 0 Å². The molecule has 3 nitrogen and oxygen atoms in total. The van der Waals surface area contributed by atoms with Gasteiger partial charge in [-0.05, 0) is 18.2 Å². The number of anilines is 1. The maximum absolute atomic E-state index is 11.3. The Morgan fingerprint density at radius 1 is 1.44 bits per heavy atom. The number of halogens is 1. The predicted octanol–water partition coefficient (Wildman–Crippen LogP) is 2.45. The van der Waals surface area contributed by atoms with E-state index in [1.807, 2.05) is 0 Å². The van der Waals surface area contributed by atoms with Gasteiger partial charge in [-0.3, -0.25) is 0 Å². The van der Waals surface area contributed by atoms with Crippen LogP contribution >= 0.6 is 23.4 Å². The van der Waals surface area contributed by atoms with Crippen LogP contribution in [0.4, 0.5) is 5.69 Å². The fraction of sp³-hybridized carbons (Fsp3) is 0.400. The summed E-state index contributed by atoms with van der Waals surface area (Å²) < 4.78 is 22.5. The molecule has 0 aliphatic rings. The third-order valence-electron chi connectivity index (χ3n) is 2.05.